The fourth-order valence-corrected chi connectivity index (χ4v) is 11.8. The van der Waals surface area contributed by atoms with Crippen molar-refractivity contribution in [1.82, 2.24) is 30.2 Å². The zero-order chi connectivity index (χ0) is 58.2. The minimum absolute atomic E-state index is 0.0239. The quantitative estimate of drug-likeness (QED) is 0.0285. The third-order valence-electron chi connectivity index (χ3n) is 13.0. The number of fused-ring (bicyclic) bond motifs is 1. The minimum atomic E-state index is -5.93. The van der Waals surface area contributed by atoms with E-state index in [-0.39, 0.29) is 54.1 Å². The Hall–Kier alpha value is -2.86. The first-order chi connectivity index (χ1) is 37.3. The first kappa shape index (κ1) is 68.6. The predicted molar refractivity (Wildman–Crippen MR) is 278 cm³/mol. The molecule has 2 aliphatic rings. The van der Waals surface area contributed by atoms with Crippen molar-refractivity contribution in [2.45, 2.75) is 192 Å². The van der Waals surface area contributed by atoms with Crippen LogP contribution < -0.4 is 35.9 Å². The summed E-state index contributed by atoms with van der Waals surface area (Å²) in [7, 11) is -17.6. The molecule has 28 nitrogen and oxygen atoms in total. The van der Waals surface area contributed by atoms with Crippen LogP contribution in [0.3, 0.4) is 0 Å². The maximum Gasteiger partial charge on any atom is 0.274 e. The highest BCUT2D eigenvalue weighted by Gasteiger charge is 2.47. The lowest BCUT2D eigenvalue weighted by atomic mass is 9.87. The van der Waals surface area contributed by atoms with Crippen molar-refractivity contribution in [2.24, 2.45) is 5.41 Å². The summed E-state index contributed by atoms with van der Waals surface area (Å²) in [5, 5.41) is 46.1. The van der Waals surface area contributed by atoms with E-state index < -0.39 is 103 Å². The number of carbonyl (C=O) groups is 3. The average Bonchev–Trinajstić information content (AvgIpc) is 4.03. The number of thioether (sulfide) groups is 1. The van der Waals surface area contributed by atoms with E-state index in [2.05, 4.69) is 43.5 Å². The van der Waals surface area contributed by atoms with Gasteiger partial charge in [0.15, 0.2) is 24.0 Å². The number of nitrogens with one attached hydrogen (secondary N) is 2. The number of phosphoric ester groups is 3. The molecular formula is C47H78N7O21P3S-4. The molecule has 11 atom stereocenters. The number of ether oxygens (including phenoxy) is 3. The van der Waals surface area contributed by atoms with Gasteiger partial charge in [-0.15, -0.1) is 0 Å². The molecule has 2 aliphatic heterocycles. The summed E-state index contributed by atoms with van der Waals surface area (Å²) in [5.41, 5.74) is 4.07. The highest BCUT2D eigenvalue weighted by atomic mass is 32.2. The minimum Gasteiger partial charge on any atom is -0.790 e. The first-order valence-electron chi connectivity index (χ1n) is 26.6. The molecule has 0 saturated carbocycles. The summed E-state index contributed by atoms with van der Waals surface area (Å²) in [6.45, 7) is 2.40. The second kappa shape index (κ2) is 34.0. The van der Waals surface area contributed by atoms with E-state index in [1.165, 1.54) is 84.1 Å². The van der Waals surface area contributed by atoms with E-state index >= 15 is 0 Å². The van der Waals surface area contributed by atoms with Crippen LogP contribution in [0.2, 0.25) is 0 Å². The van der Waals surface area contributed by atoms with Crippen LogP contribution >= 0.6 is 35.2 Å². The zero-order valence-electron chi connectivity index (χ0n) is 44.8. The number of amides is 2. The van der Waals surface area contributed by atoms with Crippen LogP contribution in [0.15, 0.2) is 24.8 Å². The number of aromatic nitrogens is 4. The summed E-state index contributed by atoms with van der Waals surface area (Å²) < 4.78 is 72.1. The number of imidazole rings is 1. The fourth-order valence-electron chi connectivity index (χ4n) is 8.44. The van der Waals surface area contributed by atoms with Crippen molar-refractivity contribution in [3.63, 3.8) is 0 Å². The molecule has 79 heavy (non-hydrogen) atoms. The Morgan fingerprint density at radius 2 is 1.47 bits per heavy atom. The van der Waals surface area contributed by atoms with Crippen LogP contribution in [0.4, 0.5) is 5.82 Å². The number of hydrogen-bond acceptors (Lipinski definition) is 26. The van der Waals surface area contributed by atoms with Gasteiger partial charge in [-0.05, 0) is 32.3 Å². The Kier molecular flexibility index (Phi) is 29.6. The van der Waals surface area contributed by atoms with Crippen LogP contribution in [0.1, 0.15) is 143 Å². The first-order valence-corrected chi connectivity index (χ1v) is 31.9. The van der Waals surface area contributed by atoms with Crippen molar-refractivity contribution in [3.8, 4) is 0 Å². The van der Waals surface area contributed by atoms with Crippen molar-refractivity contribution in [1.29, 1.82) is 0 Å². The Morgan fingerprint density at radius 3 is 2.10 bits per heavy atom. The Morgan fingerprint density at radius 1 is 0.861 bits per heavy atom. The van der Waals surface area contributed by atoms with Gasteiger partial charge in [0, 0.05) is 43.7 Å². The largest absolute Gasteiger partial charge is 0.790 e. The van der Waals surface area contributed by atoms with Gasteiger partial charge in [-0.25, -0.2) is 19.3 Å². The lowest BCUT2D eigenvalue weighted by molar-refractivity contribution is -0.347. The van der Waals surface area contributed by atoms with Gasteiger partial charge in [0.25, 0.3) is 15.6 Å². The summed E-state index contributed by atoms with van der Waals surface area (Å²) in [6, 6.07) is 0. The number of nitrogen functional groups attached to an aromatic ring is 1. The third kappa shape index (κ3) is 25.3. The monoisotopic (exact) mass is 1200 g/mol. The van der Waals surface area contributed by atoms with Crippen LogP contribution in [0.25, 0.3) is 11.2 Å². The van der Waals surface area contributed by atoms with Crippen LogP contribution in [-0.2, 0) is 60.2 Å². The van der Waals surface area contributed by atoms with E-state index in [0.29, 0.717) is 12.4 Å². The lowest BCUT2D eigenvalue weighted by Gasteiger charge is -2.36. The smallest absolute Gasteiger partial charge is 0.274 e. The van der Waals surface area contributed by atoms with Gasteiger partial charge < -0.3 is 88.7 Å². The fraction of sp³-hybridized carbons (Fsp3) is 0.787. The van der Waals surface area contributed by atoms with Gasteiger partial charge in [0.2, 0.25) is 16.9 Å². The molecule has 4 heterocycles. The second-order valence-corrected chi connectivity index (χ2v) is 25.3. The SMILES string of the molecule is C[C@@H]1O[C@@H](OCCCCCCCCCCCCCCCCC/C=C/C(=O)SCCNC(=O)CCNC(=O)[C@H](O)C(C)(C)COP(=O)([O-])OP(=O)([O-])OC[C@H]2O[C@@H](n3cnc4c(N)ncnc43)[C@H](O)[C@@H]2OP(=O)([O-])[O-])[C@H](O)C[C@H]1O. The molecule has 4 rings (SSSR count). The number of hydrogen-bond donors (Lipinski definition) is 7. The van der Waals surface area contributed by atoms with Gasteiger partial charge >= 0.3 is 0 Å². The highest BCUT2D eigenvalue weighted by molar-refractivity contribution is 8.14. The molecule has 2 amide bonds. The summed E-state index contributed by atoms with van der Waals surface area (Å²) in [4.78, 5) is 97.1. The molecule has 0 radical (unpaired) electrons. The van der Waals surface area contributed by atoms with E-state index in [0.717, 1.165) is 67.5 Å². The van der Waals surface area contributed by atoms with Crippen LogP contribution in [-0.4, -0.2) is 145 Å². The average molecular weight is 1200 g/mol. The summed E-state index contributed by atoms with van der Waals surface area (Å²) in [5.74, 6) is -1.25. The molecule has 0 aliphatic carbocycles. The number of unbranched alkanes of at least 4 members (excludes halogenated alkanes) is 15. The molecule has 8 N–H and O–H groups in total. The summed E-state index contributed by atoms with van der Waals surface area (Å²) >= 11 is 1.05. The lowest BCUT2D eigenvalue weighted by Crippen LogP contribution is -2.47. The standard InChI is InChI=1S/C47H82N7O21P3S/c1-32-33(55)27-34(56)46(72-32)69-25-20-18-16-14-12-10-8-6-4-5-7-9-11-13-15-17-19-21-37(58)79-26-24-49-36(57)22-23-50-44(61)41(60)47(2,3)29-71-78(67,68)75-77(65,66)70-28-35-40(74-76(62,63)64)39(59)45(73-35)54-31-53-38-42(48)51-30-52-43(38)54/h19,21,30-35,39-41,45-46,55-56,59-60H,4-18,20,22-29H2,1-3H3,(H,49,57)(H,50,61)(H,65,66)(H,67,68)(H2,48,51,52)(H2,62,63,64)/p-4/b21-19+/t32-,33+,34+,35+,39+,40+,41-,45+,46+/m0/s1. The number of nitrogens with two attached hydrogens (primary N) is 1. The topological polar surface area (TPSA) is 434 Å². The molecule has 2 unspecified atom stereocenters. The third-order valence-corrected chi connectivity index (χ3v) is 16.8. The van der Waals surface area contributed by atoms with Crippen LogP contribution in [0.5, 0.6) is 0 Å². The zero-order valence-corrected chi connectivity index (χ0v) is 48.3. The number of anilines is 1. The van der Waals surface area contributed by atoms with Gasteiger partial charge in [-0.3, -0.25) is 28.1 Å². The van der Waals surface area contributed by atoms with E-state index in [1.807, 2.05) is 6.08 Å². The van der Waals surface area contributed by atoms with Gasteiger partial charge in [-0.1, -0.05) is 115 Å². The van der Waals surface area contributed by atoms with E-state index in [9.17, 15) is 68.1 Å². The van der Waals surface area contributed by atoms with Crippen molar-refractivity contribution in [2.75, 3.05) is 44.4 Å². The van der Waals surface area contributed by atoms with E-state index in [1.54, 1.807) is 6.92 Å². The van der Waals surface area contributed by atoms with Gasteiger partial charge in [0.05, 0.1) is 39.6 Å². The molecule has 0 spiro atoms. The predicted octanol–water partition coefficient (Wildman–Crippen LogP) is 1.81. The molecule has 2 aromatic heterocycles. The maximum atomic E-state index is 12.7. The molecule has 0 aromatic carbocycles. The number of aliphatic hydroxyl groups is 4. The molecule has 2 aromatic rings. The van der Waals surface area contributed by atoms with Crippen molar-refractivity contribution >= 4 is 69.1 Å². The number of rotatable bonds is 39. The Balaban J connectivity index is 0.975. The highest BCUT2D eigenvalue weighted by Crippen LogP contribution is 2.56. The normalized spacial score (nSPS) is 23.9. The molecule has 2 saturated heterocycles. The van der Waals surface area contributed by atoms with Crippen LogP contribution in [0, 0.1) is 5.41 Å². The number of aliphatic hydroxyl groups excluding tert-OH is 4. The summed E-state index contributed by atoms with van der Waals surface area (Å²) in [6.07, 6.45) is 12.1. The van der Waals surface area contributed by atoms with Gasteiger partial charge in [0.1, 0.15) is 42.4 Å². The molecular weight excluding hydrogens is 1120 g/mol. The van der Waals surface area contributed by atoms with Crippen molar-refractivity contribution in [3.05, 3.63) is 24.8 Å². The number of nitrogens with zero attached hydrogens (tertiary/aromatic N) is 4. The maximum absolute atomic E-state index is 12.7. The number of carbonyl (C=O) groups excluding carboxylic acids is 3. The molecule has 452 valence electrons. The second-order valence-electron chi connectivity index (χ2n) is 20.1. The molecule has 32 heteroatoms. The van der Waals surface area contributed by atoms with Crippen molar-refractivity contribution < 1.29 is 100 Å². The number of phosphoric acid groups is 3. The Bertz CT molecular complexity index is 2370. The molecule has 0 bridgehead atoms. The van der Waals surface area contributed by atoms with Gasteiger partial charge in [-0.2, -0.15) is 0 Å². The number of allylic oxidation sites excluding steroid dienone is 1. The molecule has 2 fully saturated rings. The Labute approximate surface area is 464 Å². The van der Waals surface area contributed by atoms with E-state index in [4.69, 9.17) is 19.9 Å².